The largest absolute Gasteiger partial charge is 0.480 e. The van der Waals surface area contributed by atoms with Gasteiger partial charge >= 0.3 is 19.8 Å². The fourth-order valence-corrected chi connectivity index (χ4v) is 7.90. The molecule has 0 bridgehead atoms. The number of nitrogens with one attached hydrogen (secondary N) is 1. The molecule has 0 aliphatic rings. The van der Waals surface area contributed by atoms with E-state index < -0.39 is 57.6 Å². The molecule has 0 aromatic carbocycles. The van der Waals surface area contributed by atoms with Gasteiger partial charge in [0.2, 0.25) is 5.91 Å². The van der Waals surface area contributed by atoms with E-state index in [2.05, 4.69) is 67.8 Å². The summed E-state index contributed by atoms with van der Waals surface area (Å²) in [6, 6.07) is -1.55. The fraction of sp³-hybridized carbons (Fsp3) is 0.788. The molecule has 0 aromatic heterocycles. The first-order valence-electron chi connectivity index (χ1n) is 25.7. The van der Waals surface area contributed by atoms with Crippen molar-refractivity contribution in [1.29, 1.82) is 0 Å². The normalized spacial score (nSPS) is 13.9. The van der Waals surface area contributed by atoms with Crippen LogP contribution in [0.1, 0.15) is 232 Å². The highest BCUT2D eigenvalue weighted by molar-refractivity contribution is 7.47. The van der Waals surface area contributed by atoms with Crippen LogP contribution in [-0.2, 0) is 32.7 Å². The summed E-state index contributed by atoms with van der Waals surface area (Å²) in [5, 5.41) is 21.9. The minimum absolute atomic E-state index is 0.146. The number of aliphatic hydroxyl groups excluding tert-OH is 1. The Morgan fingerprint density at radius 3 is 1.31 bits per heavy atom. The molecular formula is C52H94NO10P. The molecule has 0 saturated heterocycles. The zero-order valence-electron chi connectivity index (χ0n) is 40.6. The summed E-state index contributed by atoms with van der Waals surface area (Å²) in [7, 11) is -4.77. The standard InChI is InChI=1S/C52H94NO10P/c1-3-5-7-9-11-13-15-17-19-21-23-24-26-27-29-31-33-35-37-39-41-43-50(55)53-49(52(57)58)47-63-64(59,60)62-46-48(54)45-61-51(56)44-42-40-38-36-34-32-30-28-25-22-20-18-16-14-12-10-8-6-4-2/h12,14,18,20,25,28,32,34,48-49,54H,3-11,13,15-17,19,21-24,26-27,29-31,33,35-47H2,1-2H3,(H,53,55)(H,57,58)(H,59,60)/b14-12-,20-18-,28-25-,34-32-. The number of aliphatic hydroxyl groups is 1. The number of phosphoric ester groups is 1. The highest BCUT2D eigenvalue weighted by Crippen LogP contribution is 2.43. The van der Waals surface area contributed by atoms with Gasteiger partial charge in [0, 0.05) is 12.8 Å². The molecule has 12 heteroatoms. The highest BCUT2D eigenvalue weighted by atomic mass is 31.2. The molecule has 3 unspecified atom stereocenters. The first-order valence-corrected chi connectivity index (χ1v) is 27.2. The third kappa shape index (κ3) is 46.0. The van der Waals surface area contributed by atoms with Crippen LogP contribution in [0.15, 0.2) is 48.6 Å². The van der Waals surface area contributed by atoms with E-state index in [1.807, 2.05) is 0 Å². The molecule has 0 rings (SSSR count). The van der Waals surface area contributed by atoms with Gasteiger partial charge in [-0.05, 0) is 57.8 Å². The molecule has 4 N–H and O–H groups in total. The van der Waals surface area contributed by atoms with Gasteiger partial charge in [-0.1, -0.05) is 210 Å². The van der Waals surface area contributed by atoms with E-state index in [0.29, 0.717) is 12.8 Å². The monoisotopic (exact) mass is 924 g/mol. The van der Waals surface area contributed by atoms with E-state index in [0.717, 1.165) is 57.8 Å². The Labute approximate surface area is 390 Å². The van der Waals surface area contributed by atoms with Crippen molar-refractivity contribution in [2.24, 2.45) is 0 Å². The molecule has 3 atom stereocenters. The molecule has 0 aliphatic heterocycles. The molecule has 0 fully saturated rings. The van der Waals surface area contributed by atoms with Crippen LogP contribution >= 0.6 is 7.82 Å². The summed E-state index contributed by atoms with van der Waals surface area (Å²) in [5.74, 6) is -2.40. The summed E-state index contributed by atoms with van der Waals surface area (Å²) in [6.45, 7) is 2.57. The third-order valence-electron chi connectivity index (χ3n) is 11.1. The number of phosphoric acid groups is 1. The topological polar surface area (TPSA) is 169 Å². The van der Waals surface area contributed by atoms with Gasteiger partial charge in [-0.2, -0.15) is 0 Å². The zero-order chi connectivity index (χ0) is 47.0. The van der Waals surface area contributed by atoms with Crippen molar-refractivity contribution in [2.45, 2.75) is 244 Å². The van der Waals surface area contributed by atoms with E-state index in [-0.39, 0.29) is 12.8 Å². The van der Waals surface area contributed by atoms with Crippen LogP contribution < -0.4 is 5.32 Å². The van der Waals surface area contributed by atoms with Crippen LogP contribution in [0.4, 0.5) is 0 Å². The molecular weight excluding hydrogens is 830 g/mol. The second kappa shape index (κ2) is 47.0. The van der Waals surface area contributed by atoms with Gasteiger partial charge in [-0.3, -0.25) is 18.6 Å². The lowest BCUT2D eigenvalue weighted by Crippen LogP contribution is -2.43. The van der Waals surface area contributed by atoms with Gasteiger partial charge in [0.25, 0.3) is 0 Å². The number of esters is 1. The van der Waals surface area contributed by atoms with Crippen molar-refractivity contribution in [3.8, 4) is 0 Å². The van der Waals surface area contributed by atoms with Crippen molar-refractivity contribution >= 4 is 25.7 Å². The van der Waals surface area contributed by atoms with Crippen LogP contribution in [0.5, 0.6) is 0 Å². The van der Waals surface area contributed by atoms with Gasteiger partial charge in [0.1, 0.15) is 12.7 Å². The van der Waals surface area contributed by atoms with Gasteiger partial charge in [0.15, 0.2) is 6.04 Å². The average Bonchev–Trinajstić information content (AvgIpc) is 3.27. The molecule has 0 heterocycles. The molecule has 0 radical (unpaired) electrons. The number of hydrogen-bond acceptors (Lipinski definition) is 8. The van der Waals surface area contributed by atoms with Gasteiger partial charge < -0.3 is 25.2 Å². The first-order chi connectivity index (χ1) is 31.1. The van der Waals surface area contributed by atoms with Crippen LogP contribution in [-0.4, -0.2) is 64.9 Å². The maximum absolute atomic E-state index is 12.4. The highest BCUT2D eigenvalue weighted by Gasteiger charge is 2.28. The number of aliphatic carboxylic acids is 1. The van der Waals surface area contributed by atoms with Crippen LogP contribution in [0.3, 0.4) is 0 Å². The summed E-state index contributed by atoms with van der Waals surface area (Å²) >= 11 is 0. The molecule has 64 heavy (non-hydrogen) atoms. The van der Waals surface area contributed by atoms with Crippen molar-refractivity contribution in [1.82, 2.24) is 5.32 Å². The Hall–Kier alpha value is -2.56. The quantitative estimate of drug-likeness (QED) is 0.0199. The predicted molar refractivity (Wildman–Crippen MR) is 263 cm³/mol. The Morgan fingerprint density at radius 1 is 0.500 bits per heavy atom. The molecule has 372 valence electrons. The molecule has 11 nitrogen and oxygen atoms in total. The molecule has 0 spiro atoms. The minimum atomic E-state index is -4.77. The first kappa shape index (κ1) is 61.4. The lowest BCUT2D eigenvalue weighted by molar-refractivity contribution is -0.147. The summed E-state index contributed by atoms with van der Waals surface area (Å²) in [4.78, 5) is 46.1. The number of carbonyl (C=O) groups excluding carboxylic acids is 2. The number of hydrogen-bond donors (Lipinski definition) is 4. The summed E-state index contributed by atoms with van der Waals surface area (Å²) < 4.78 is 26.9. The predicted octanol–water partition coefficient (Wildman–Crippen LogP) is 14.1. The van der Waals surface area contributed by atoms with Crippen LogP contribution in [0.2, 0.25) is 0 Å². The van der Waals surface area contributed by atoms with E-state index >= 15 is 0 Å². The van der Waals surface area contributed by atoms with Crippen LogP contribution in [0, 0.1) is 0 Å². The number of carboxylic acid groups (broad SMARTS) is 1. The Bertz CT molecular complexity index is 1270. The number of rotatable bonds is 48. The van der Waals surface area contributed by atoms with Gasteiger partial charge in [0.05, 0.1) is 13.2 Å². The van der Waals surface area contributed by atoms with Gasteiger partial charge in [-0.25, -0.2) is 9.36 Å². The number of ether oxygens (including phenoxy) is 1. The maximum Gasteiger partial charge on any atom is 0.472 e. The Balaban J connectivity index is 3.86. The van der Waals surface area contributed by atoms with Crippen LogP contribution in [0.25, 0.3) is 0 Å². The summed E-state index contributed by atoms with van der Waals surface area (Å²) in [5.41, 5.74) is 0. The molecule has 0 aliphatic carbocycles. The second-order valence-corrected chi connectivity index (χ2v) is 18.8. The van der Waals surface area contributed by atoms with E-state index in [4.69, 9.17) is 13.8 Å². The lowest BCUT2D eigenvalue weighted by atomic mass is 10.0. The SMILES string of the molecule is CCCCC/C=C\C/C=C\C/C=C\C/C=C\CCCCCC(=O)OCC(O)COP(=O)(O)OCC(NC(=O)CCCCCCCCCCCCCCCCCCCCCCC)C(=O)O. The molecule has 0 saturated carbocycles. The lowest BCUT2D eigenvalue weighted by Gasteiger charge is -2.18. The van der Waals surface area contributed by atoms with E-state index in [1.54, 1.807) is 0 Å². The van der Waals surface area contributed by atoms with E-state index in [1.165, 1.54) is 135 Å². The molecule has 1 amide bonds. The van der Waals surface area contributed by atoms with Crippen molar-refractivity contribution in [2.75, 3.05) is 19.8 Å². The number of carboxylic acids is 1. The van der Waals surface area contributed by atoms with Crippen molar-refractivity contribution < 1.29 is 47.8 Å². The zero-order valence-corrected chi connectivity index (χ0v) is 41.5. The minimum Gasteiger partial charge on any atom is -0.480 e. The molecule has 0 aromatic rings. The Kier molecular flexibility index (Phi) is 45.1. The number of amides is 1. The number of unbranched alkanes of at least 4 members (excludes halogenated alkanes) is 26. The second-order valence-electron chi connectivity index (χ2n) is 17.4. The fourth-order valence-electron chi connectivity index (χ4n) is 7.12. The third-order valence-corrected chi connectivity index (χ3v) is 12.1. The van der Waals surface area contributed by atoms with Crippen molar-refractivity contribution in [3.05, 3.63) is 48.6 Å². The average molecular weight is 924 g/mol. The number of allylic oxidation sites excluding steroid dienone is 8. The smallest absolute Gasteiger partial charge is 0.472 e. The number of carbonyl (C=O) groups is 3. The van der Waals surface area contributed by atoms with Crippen molar-refractivity contribution in [3.63, 3.8) is 0 Å². The maximum atomic E-state index is 12.4. The Morgan fingerprint density at radius 2 is 0.859 bits per heavy atom. The van der Waals surface area contributed by atoms with E-state index in [9.17, 15) is 34.1 Å². The van der Waals surface area contributed by atoms with Gasteiger partial charge in [-0.15, -0.1) is 0 Å². The summed E-state index contributed by atoms with van der Waals surface area (Å²) in [6.07, 6.45) is 54.2.